The number of aromatic nitrogens is 2. The number of carbonyl (C=O) groups is 1. The van der Waals surface area contributed by atoms with Gasteiger partial charge in [-0.2, -0.15) is 5.10 Å². The van der Waals surface area contributed by atoms with Crippen LogP contribution in [-0.2, 0) is 13.6 Å². The summed E-state index contributed by atoms with van der Waals surface area (Å²) in [4.78, 5) is 24.0. The zero-order valence-corrected chi connectivity index (χ0v) is 13.2. The molecule has 1 heterocycles. The number of aryl methyl sites for hydroxylation is 1. The maximum atomic E-state index is 13.5. The van der Waals surface area contributed by atoms with Crippen molar-refractivity contribution >= 4 is 22.5 Å². The first kappa shape index (κ1) is 16.6. The van der Waals surface area contributed by atoms with Gasteiger partial charge in [-0.15, -0.1) is 0 Å². The van der Waals surface area contributed by atoms with E-state index in [1.165, 1.54) is 17.8 Å². The molecule has 0 unspecified atom stereocenters. The number of benzene rings is 2. The summed E-state index contributed by atoms with van der Waals surface area (Å²) >= 11 is 0. The Labute approximate surface area is 141 Å². The Hall–Kier alpha value is -3.29. The molecule has 2 aromatic carbocycles. The van der Waals surface area contributed by atoms with E-state index >= 15 is 0 Å². The molecule has 25 heavy (non-hydrogen) atoms. The second kappa shape index (κ2) is 6.68. The smallest absolute Gasteiger partial charge is 0.319 e. The summed E-state index contributed by atoms with van der Waals surface area (Å²) in [5.74, 6) is -1.75. The van der Waals surface area contributed by atoms with Gasteiger partial charge in [-0.3, -0.25) is 4.79 Å². The number of rotatable bonds is 3. The van der Waals surface area contributed by atoms with Crippen molar-refractivity contribution < 1.29 is 13.6 Å². The number of anilines is 1. The van der Waals surface area contributed by atoms with Gasteiger partial charge in [0.1, 0.15) is 17.3 Å². The summed E-state index contributed by atoms with van der Waals surface area (Å²) in [6, 6.07) is 9.36. The Morgan fingerprint density at radius 2 is 1.72 bits per heavy atom. The van der Waals surface area contributed by atoms with Crippen LogP contribution in [0, 0.1) is 11.6 Å². The van der Waals surface area contributed by atoms with E-state index in [4.69, 9.17) is 0 Å². The van der Waals surface area contributed by atoms with Crippen LogP contribution in [0.15, 0.2) is 47.3 Å². The molecule has 2 amide bonds. The van der Waals surface area contributed by atoms with E-state index in [-0.39, 0.29) is 12.1 Å². The van der Waals surface area contributed by atoms with Crippen molar-refractivity contribution in [2.24, 2.45) is 7.05 Å². The Morgan fingerprint density at radius 3 is 2.40 bits per heavy atom. The molecule has 0 radical (unpaired) electrons. The van der Waals surface area contributed by atoms with E-state index in [9.17, 15) is 18.4 Å². The average molecular weight is 344 g/mol. The SMILES string of the molecule is Cn1nc(CNC(=O)Nc2c(F)cccc2F)c2ccccc2c1=O. The minimum absolute atomic E-state index is 0.0173. The third-order valence-electron chi connectivity index (χ3n) is 3.65. The van der Waals surface area contributed by atoms with Gasteiger partial charge in [-0.05, 0) is 18.2 Å². The molecule has 2 N–H and O–H groups in total. The van der Waals surface area contributed by atoms with Crippen LogP contribution in [0.2, 0.25) is 0 Å². The second-order valence-electron chi connectivity index (χ2n) is 5.33. The molecule has 0 fully saturated rings. The molecule has 0 spiro atoms. The van der Waals surface area contributed by atoms with Crippen molar-refractivity contribution in [3.05, 3.63) is 70.1 Å². The van der Waals surface area contributed by atoms with E-state index in [1.54, 1.807) is 24.3 Å². The molecular formula is C17H14F2N4O2. The Bertz CT molecular complexity index is 997. The summed E-state index contributed by atoms with van der Waals surface area (Å²) in [7, 11) is 1.51. The third-order valence-corrected chi connectivity index (χ3v) is 3.65. The Balaban J connectivity index is 1.80. The summed E-state index contributed by atoms with van der Waals surface area (Å²) in [5.41, 5.74) is -0.322. The summed E-state index contributed by atoms with van der Waals surface area (Å²) < 4.78 is 28.3. The van der Waals surface area contributed by atoms with Crippen LogP contribution < -0.4 is 16.2 Å². The number of nitrogens with one attached hydrogen (secondary N) is 2. The van der Waals surface area contributed by atoms with Crippen LogP contribution in [0.1, 0.15) is 5.69 Å². The predicted molar refractivity (Wildman–Crippen MR) is 89.2 cm³/mol. The van der Waals surface area contributed by atoms with E-state index in [1.807, 2.05) is 0 Å². The Kier molecular flexibility index (Phi) is 4.42. The molecule has 0 aliphatic carbocycles. The predicted octanol–water partition coefficient (Wildman–Crippen LogP) is 2.53. The lowest BCUT2D eigenvalue weighted by Gasteiger charge is -2.11. The number of urea groups is 1. The molecule has 3 aromatic rings. The molecule has 1 aromatic heterocycles. The topological polar surface area (TPSA) is 76.0 Å². The van der Waals surface area contributed by atoms with Crippen molar-refractivity contribution in [2.45, 2.75) is 6.54 Å². The van der Waals surface area contributed by atoms with Crippen LogP contribution in [0.3, 0.4) is 0 Å². The van der Waals surface area contributed by atoms with Crippen LogP contribution in [0.4, 0.5) is 19.3 Å². The van der Waals surface area contributed by atoms with Gasteiger partial charge in [0, 0.05) is 12.4 Å². The number of para-hydroxylation sites is 1. The van der Waals surface area contributed by atoms with Crippen LogP contribution >= 0.6 is 0 Å². The van der Waals surface area contributed by atoms with Crippen molar-refractivity contribution in [1.82, 2.24) is 15.1 Å². The lowest BCUT2D eigenvalue weighted by Crippen LogP contribution is -2.31. The quantitative estimate of drug-likeness (QED) is 0.767. The van der Waals surface area contributed by atoms with Gasteiger partial charge in [0.2, 0.25) is 0 Å². The monoisotopic (exact) mass is 344 g/mol. The zero-order chi connectivity index (χ0) is 18.0. The number of amides is 2. The van der Waals surface area contributed by atoms with Gasteiger partial charge in [-0.25, -0.2) is 18.3 Å². The van der Waals surface area contributed by atoms with Gasteiger partial charge >= 0.3 is 6.03 Å². The lowest BCUT2D eigenvalue weighted by molar-refractivity contribution is 0.251. The largest absolute Gasteiger partial charge is 0.332 e. The number of nitrogens with zero attached hydrogens (tertiary/aromatic N) is 2. The fraction of sp³-hybridized carbons (Fsp3) is 0.118. The number of carbonyl (C=O) groups excluding carboxylic acids is 1. The van der Waals surface area contributed by atoms with Gasteiger partial charge in [0.25, 0.3) is 5.56 Å². The van der Waals surface area contributed by atoms with Gasteiger partial charge in [0.05, 0.1) is 17.6 Å². The number of halogens is 2. The van der Waals surface area contributed by atoms with E-state index in [0.717, 1.165) is 12.1 Å². The first-order valence-corrected chi connectivity index (χ1v) is 7.41. The van der Waals surface area contributed by atoms with Crippen LogP contribution in [0.5, 0.6) is 0 Å². The zero-order valence-electron chi connectivity index (χ0n) is 13.2. The molecule has 0 saturated heterocycles. The maximum absolute atomic E-state index is 13.5. The van der Waals surface area contributed by atoms with Crippen molar-refractivity contribution in [3.8, 4) is 0 Å². The molecule has 0 bridgehead atoms. The highest BCUT2D eigenvalue weighted by atomic mass is 19.1. The molecule has 0 aliphatic heterocycles. The highest BCUT2D eigenvalue weighted by Crippen LogP contribution is 2.18. The molecule has 8 heteroatoms. The van der Waals surface area contributed by atoms with Gasteiger partial charge in [-0.1, -0.05) is 24.3 Å². The van der Waals surface area contributed by atoms with Crippen LogP contribution in [-0.4, -0.2) is 15.8 Å². The van der Waals surface area contributed by atoms with Crippen molar-refractivity contribution in [2.75, 3.05) is 5.32 Å². The molecule has 6 nitrogen and oxygen atoms in total. The first-order chi connectivity index (χ1) is 12.0. The van der Waals surface area contributed by atoms with Crippen LogP contribution in [0.25, 0.3) is 10.8 Å². The van der Waals surface area contributed by atoms with E-state index in [2.05, 4.69) is 15.7 Å². The number of fused-ring (bicyclic) bond motifs is 1. The molecule has 0 saturated carbocycles. The van der Waals surface area contributed by atoms with Crippen molar-refractivity contribution in [1.29, 1.82) is 0 Å². The maximum Gasteiger partial charge on any atom is 0.319 e. The third kappa shape index (κ3) is 3.32. The second-order valence-corrected chi connectivity index (χ2v) is 5.33. The van der Waals surface area contributed by atoms with Gasteiger partial charge in [0.15, 0.2) is 0 Å². The normalized spacial score (nSPS) is 10.7. The fourth-order valence-electron chi connectivity index (χ4n) is 2.45. The molecule has 3 rings (SSSR count). The van der Waals surface area contributed by atoms with E-state index < -0.39 is 23.4 Å². The molecule has 0 aliphatic rings. The van der Waals surface area contributed by atoms with E-state index in [0.29, 0.717) is 16.5 Å². The fourth-order valence-corrected chi connectivity index (χ4v) is 2.45. The highest BCUT2D eigenvalue weighted by Gasteiger charge is 2.13. The summed E-state index contributed by atoms with van der Waals surface area (Å²) in [6.07, 6.45) is 0. The minimum atomic E-state index is -0.874. The Morgan fingerprint density at radius 1 is 1.08 bits per heavy atom. The standard InChI is InChI=1S/C17H14F2N4O2/c1-23-16(24)11-6-3-2-5-10(11)14(22-23)9-20-17(25)21-15-12(18)7-4-8-13(15)19/h2-8H,9H2,1H3,(H2,20,21,25). The van der Waals surface area contributed by atoms with Gasteiger partial charge < -0.3 is 10.6 Å². The molecule has 128 valence electrons. The number of hydrogen-bond acceptors (Lipinski definition) is 3. The number of hydrogen-bond donors (Lipinski definition) is 2. The first-order valence-electron chi connectivity index (χ1n) is 7.41. The average Bonchev–Trinajstić information content (AvgIpc) is 2.60. The highest BCUT2D eigenvalue weighted by molar-refractivity contribution is 5.90. The molecule has 0 atom stereocenters. The van der Waals surface area contributed by atoms with Crippen molar-refractivity contribution in [3.63, 3.8) is 0 Å². The summed E-state index contributed by atoms with van der Waals surface area (Å²) in [5, 5.41) is 9.80. The minimum Gasteiger partial charge on any atom is -0.332 e. The molecular weight excluding hydrogens is 330 g/mol. The lowest BCUT2D eigenvalue weighted by atomic mass is 10.1. The summed E-state index contributed by atoms with van der Waals surface area (Å²) in [6.45, 7) is -0.0173.